The van der Waals surface area contributed by atoms with E-state index in [4.69, 9.17) is 11.6 Å². The monoisotopic (exact) mass is 314 g/mol. The summed E-state index contributed by atoms with van der Waals surface area (Å²) in [4.78, 5) is 2.58. The first kappa shape index (κ1) is 12.2. The first-order valence-electron chi connectivity index (χ1n) is 5.21. The van der Waals surface area contributed by atoms with E-state index in [1.165, 1.54) is 15.3 Å². The van der Waals surface area contributed by atoms with Crippen LogP contribution in [0.3, 0.4) is 0 Å². The summed E-state index contributed by atoms with van der Waals surface area (Å²) in [6, 6.07) is 10.5. The molecule has 0 aliphatic carbocycles. The minimum atomic E-state index is 0.887. The van der Waals surface area contributed by atoms with Crippen LogP contribution in [0.4, 0.5) is 0 Å². The van der Waals surface area contributed by atoms with Crippen LogP contribution in [-0.4, -0.2) is 0 Å². The number of benzene rings is 1. The molecule has 1 heterocycles. The molecule has 0 saturated carbocycles. The number of thiophene rings is 1. The van der Waals surface area contributed by atoms with E-state index in [0.717, 1.165) is 22.3 Å². The molecule has 0 spiro atoms. The van der Waals surface area contributed by atoms with Crippen molar-refractivity contribution in [1.82, 2.24) is 0 Å². The molecule has 0 aliphatic rings. The van der Waals surface area contributed by atoms with Crippen LogP contribution in [0.15, 0.2) is 34.8 Å². The SMILES string of the molecule is CCc1sc(Cc2ccccc2)c(Br)c1Cl. The van der Waals surface area contributed by atoms with E-state index >= 15 is 0 Å². The Morgan fingerprint density at radius 2 is 1.88 bits per heavy atom. The van der Waals surface area contributed by atoms with Crippen molar-refractivity contribution in [3.8, 4) is 0 Å². The fourth-order valence-electron chi connectivity index (χ4n) is 1.61. The molecule has 2 aromatic rings. The average molecular weight is 316 g/mol. The fourth-order valence-corrected chi connectivity index (χ4v) is 3.84. The smallest absolute Gasteiger partial charge is 0.0690 e. The normalized spacial score (nSPS) is 10.7. The molecule has 0 unspecified atom stereocenters. The predicted molar refractivity (Wildman–Crippen MR) is 75.7 cm³/mol. The highest BCUT2D eigenvalue weighted by Crippen LogP contribution is 2.38. The van der Waals surface area contributed by atoms with Crippen molar-refractivity contribution >= 4 is 38.9 Å². The number of hydrogen-bond donors (Lipinski definition) is 0. The maximum absolute atomic E-state index is 6.24. The number of hydrogen-bond acceptors (Lipinski definition) is 1. The van der Waals surface area contributed by atoms with Gasteiger partial charge in [0.05, 0.1) is 9.50 Å². The van der Waals surface area contributed by atoms with E-state index in [9.17, 15) is 0 Å². The van der Waals surface area contributed by atoms with Crippen molar-refractivity contribution in [2.75, 3.05) is 0 Å². The summed E-state index contributed by atoms with van der Waals surface area (Å²) in [7, 11) is 0. The van der Waals surface area contributed by atoms with Crippen molar-refractivity contribution < 1.29 is 0 Å². The minimum absolute atomic E-state index is 0.887. The molecule has 0 N–H and O–H groups in total. The van der Waals surface area contributed by atoms with Gasteiger partial charge in [0.25, 0.3) is 0 Å². The lowest BCUT2D eigenvalue weighted by atomic mass is 10.1. The van der Waals surface area contributed by atoms with Crippen LogP contribution in [0.25, 0.3) is 0 Å². The molecule has 1 aromatic heterocycles. The van der Waals surface area contributed by atoms with Gasteiger partial charge in [0.2, 0.25) is 0 Å². The largest absolute Gasteiger partial charge is 0.142 e. The Morgan fingerprint density at radius 1 is 1.19 bits per heavy atom. The Kier molecular flexibility index (Phi) is 4.06. The third-order valence-corrected chi connectivity index (χ3v) is 5.69. The third-order valence-electron chi connectivity index (χ3n) is 2.46. The van der Waals surface area contributed by atoms with Gasteiger partial charge in [-0.3, -0.25) is 0 Å². The summed E-state index contributed by atoms with van der Waals surface area (Å²) < 4.78 is 1.07. The van der Waals surface area contributed by atoms with E-state index in [1.807, 2.05) is 6.07 Å². The molecular weight excluding hydrogens is 304 g/mol. The summed E-state index contributed by atoms with van der Waals surface area (Å²) in [5.74, 6) is 0. The molecule has 84 valence electrons. The molecule has 0 saturated heterocycles. The lowest BCUT2D eigenvalue weighted by Gasteiger charge is -1.98. The standard InChI is InChI=1S/C13H12BrClS/c1-2-10-13(15)12(14)11(16-10)8-9-6-4-3-5-7-9/h3-7H,2,8H2,1H3. The molecule has 0 atom stereocenters. The summed E-state index contributed by atoms with van der Waals surface area (Å²) in [6.07, 6.45) is 1.95. The van der Waals surface area contributed by atoms with Gasteiger partial charge in [0, 0.05) is 16.2 Å². The molecule has 3 heteroatoms. The van der Waals surface area contributed by atoms with Gasteiger partial charge in [0.1, 0.15) is 0 Å². The molecule has 0 bridgehead atoms. The summed E-state index contributed by atoms with van der Waals surface area (Å²) in [5.41, 5.74) is 1.32. The summed E-state index contributed by atoms with van der Waals surface area (Å²) in [6.45, 7) is 2.14. The number of rotatable bonds is 3. The second kappa shape index (κ2) is 5.35. The fraction of sp³-hybridized carbons (Fsp3) is 0.231. The van der Waals surface area contributed by atoms with Gasteiger partial charge in [-0.1, -0.05) is 48.9 Å². The van der Waals surface area contributed by atoms with Gasteiger partial charge in [-0.15, -0.1) is 11.3 Å². The van der Waals surface area contributed by atoms with Crippen molar-refractivity contribution in [2.45, 2.75) is 19.8 Å². The van der Waals surface area contributed by atoms with E-state index in [1.54, 1.807) is 11.3 Å². The Morgan fingerprint density at radius 3 is 2.44 bits per heavy atom. The second-order valence-corrected chi connectivity index (χ2v) is 5.95. The van der Waals surface area contributed by atoms with Gasteiger partial charge in [-0.25, -0.2) is 0 Å². The maximum Gasteiger partial charge on any atom is 0.0690 e. The van der Waals surface area contributed by atoms with Crippen molar-refractivity contribution in [1.29, 1.82) is 0 Å². The van der Waals surface area contributed by atoms with Gasteiger partial charge < -0.3 is 0 Å². The van der Waals surface area contributed by atoms with E-state index in [-0.39, 0.29) is 0 Å². The first-order valence-corrected chi connectivity index (χ1v) is 7.20. The van der Waals surface area contributed by atoms with Crippen LogP contribution < -0.4 is 0 Å². The van der Waals surface area contributed by atoms with E-state index in [2.05, 4.69) is 47.1 Å². The first-order chi connectivity index (χ1) is 7.72. The van der Waals surface area contributed by atoms with Gasteiger partial charge >= 0.3 is 0 Å². The average Bonchev–Trinajstić information content (AvgIpc) is 2.58. The van der Waals surface area contributed by atoms with Gasteiger partial charge in [0.15, 0.2) is 0 Å². The zero-order valence-corrected chi connectivity index (χ0v) is 12.1. The van der Waals surface area contributed by atoms with Crippen LogP contribution in [0.5, 0.6) is 0 Å². The lowest BCUT2D eigenvalue weighted by Crippen LogP contribution is -1.83. The van der Waals surface area contributed by atoms with E-state index in [0.29, 0.717) is 0 Å². The third kappa shape index (κ3) is 2.50. The van der Waals surface area contributed by atoms with Crippen LogP contribution in [0.2, 0.25) is 5.02 Å². The highest BCUT2D eigenvalue weighted by atomic mass is 79.9. The predicted octanol–water partition coefficient (Wildman–Crippen LogP) is 5.32. The highest BCUT2D eigenvalue weighted by molar-refractivity contribution is 9.10. The summed E-state index contributed by atoms with van der Waals surface area (Å²) in [5, 5.41) is 0.887. The second-order valence-electron chi connectivity index (χ2n) is 3.59. The molecule has 0 radical (unpaired) electrons. The number of aryl methyl sites for hydroxylation is 1. The molecule has 2 rings (SSSR count). The van der Waals surface area contributed by atoms with Crippen molar-refractivity contribution in [3.63, 3.8) is 0 Å². The minimum Gasteiger partial charge on any atom is -0.142 e. The lowest BCUT2D eigenvalue weighted by molar-refractivity contribution is 1.18. The van der Waals surface area contributed by atoms with Gasteiger partial charge in [-0.2, -0.15) is 0 Å². The van der Waals surface area contributed by atoms with Crippen LogP contribution in [0.1, 0.15) is 22.2 Å². The van der Waals surface area contributed by atoms with E-state index < -0.39 is 0 Å². The van der Waals surface area contributed by atoms with Crippen LogP contribution >= 0.6 is 38.9 Å². The number of halogens is 2. The Bertz CT molecular complexity index is 476. The molecular formula is C13H12BrClS. The van der Waals surface area contributed by atoms with Crippen molar-refractivity contribution in [2.24, 2.45) is 0 Å². The Labute approximate surface area is 113 Å². The topological polar surface area (TPSA) is 0 Å². The molecule has 1 aromatic carbocycles. The molecule has 0 aliphatic heterocycles. The highest BCUT2D eigenvalue weighted by Gasteiger charge is 2.13. The maximum atomic E-state index is 6.24. The molecule has 0 amide bonds. The van der Waals surface area contributed by atoms with Gasteiger partial charge in [-0.05, 0) is 27.9 Å². The van der Waals surface area contributed by atoms with Crippen LogP contribution in [0, 0.1) is 0 Å². The molecule has 0 nitrogen and oxygen atoms in total. The summed E-state index contributed by atoms with van der Waals surface area (Å²) >= 11 is 11.6. The van der Waals surface area contributed by atoms with Crippen molar-refractivity contribution in [3.05, 3.63) is 55.1 Å². The molecule has 0 fully saturated rings. The zero-order valence-electron chi connectivity index (χ0n) is 8.97. The Hall–Kier alpha value is -0.310. The zero-order chi connectivity index (χ0) is 11.5. The Balaban J connectivity index is 2.29. The van der Waals surface area contributed by atoms with Crippen LogP contribution in [-0.2, 0) is 12.8 Å². The quantitative estimate of drug-likeness (QED) is 0.719. The molecule has 16 heavy (non-hydrogen) atoms.